The zero-order chi connectivity index (χ0) is 21.0. The van der Waals surface area contributed by atoms with E-state index in [1.165, 1.54) is 0 Å². The van der Waals surface area contributed by atoms with E-state index in [1.807, 2.05) is 25.1 Å². The van der Waals surface area contributed by atoms with Crippen LogP contribution in [-0.4, -0.2) is 40.5 Å². The molecule has 0 saturated carbocycles. The van der Waals surface area contributed by atoms with Gasteiger partial charge >= 0.3 is 178 Å². The number of ether oxygens (including phenoxy) is 1. The maximum absolute atomic E-state index is 13.8. The number of rotatable bonds is 14. The second-order valence-electron chi connectivity index (χ2n) is 7.93. The summed E-state index contributed by atoms with van der Waals surface area (Å²) in [4.78, 5) is 0.450. The fourth-order valence-electron chi connectivity index (χ4n) is 3.90. The Morgan fingerprint density at radius 3 is 1.79 bits per heavy atom. The molecule has 0 amide bonds. The van der Waals surface area contributed by atoms with E-state index in [0.717, 1.165) is 60.3 Å². The third-order valence-corrected chi connectivity index (χ3v) is 27.2. The van der Waals surface area contributed by atoms with Crippen LogP contribution >= 0.6 is 0 Å². The van der Waals surface area contributed by atoms with E-state index in [2.05, 4.69) is 20.8 Å². The van der Waals surface area contributed by atoms with Crippen molar-refractivity contribution in [1.29, 1.82) is 0 Å². The molecule has 0 radical (unpaired) electrons. The summed E-state index contributed by atoms with van der Waals surface area (Å²) in [7, 11) is -1.82. The molecule has 0 atom stereocenters. The van der Waals surface area contributed by atoms with Gasteiger partial charge in [0.25, 0.3) is 0 Å². The first-order valence-corrected chi connectivity index (χ1v) is 19.9. The molecule has 1 aromatic rings. The van der Waals surface area contributed by atoms with Crippen LogP contribution in [0.15, 0.2) is 38.2 Å². The number of unbranched alkanes of at least 4 members (excludes halogenated alkanes) is 3. The van der Waals surface area contributed by atoms with Crippen molar-refractivity contribution in [3.63, 3.8) is 0 Å². The summed E-state index contributed by atoms with van der Waals surface area (Å²) in [5.74, 6) is 0. The van der Waals surface area contributed by atoms with Crippen molar-refractivity contribution < 1.29 is 13.2 Å². The van der Waals surface area contributed by atoms with Crippen LogP contribution in [0.5, 0.6) is 0 Å². The minimum absolute atomic E-state index is 0.378. The molecule has 160 valence electrons. The van der Waals surface area contributed by atoms with Crippen molar-refractivity contribution in [2.24, 2.45) is 0 Å². The van der Waals surface area contributed by atoms with Crippen LogP contribution in [0, 0.1) is 6.92 Å². The molecule has 5 heteroatoms. The van der Waals surface area contributed by atoms with Crippen LogP contribution in [0.2, 0.25) is 13.3 Å². The normalized spacial score (nSPS) is 13.1. The third-order valence-electron chi connectivity index (χ3n) is 5.61. The standard InChI is InChI=1S/C11H13O3S.3C4H9.Sn/c1-10-4-6-11(7-5-10)15(12,13)9-3-8-14-2;3*1-3-4-2;/h3-7H,8H2,1-2H3;3*1,3-4H2,2H3;. The zero-order valence-electron chi connectivity index (χ0n) is 18.6. The SMILES string of the molecule is CCC[CH2][Sn]([CH2]CCC)([CH2]CCC)/[C](=C/COC)S(=O)(=O)c1ccc(C)cc1. The number of aryl methyl sites for hydroxylation is 1. The van der Waals surface area contributed by atoms with Crippen LogP contribution in [0.1, 0.15) is 64.9 Å². The third kappa shape index (κ3) is 7.17. The predicted molar refractivity (Wildman–Crippen MR) is 123 cm³/mol. The molecule has 0 aliphatic rings. The first kappa shape index (κ1) is 25.7. The Kier molecular flexibility index (Phi) is 12.0. The van der Waals surface area contributed by atoms with Crippen LogP contribution in [0.4, 0.5) is 0 Å². The van der Waals surface area contributed by atoms with E-state index in [1.54, 1.807) is 19.2 Å². The summed E-state index contributed by atoms with van der Waals surface area (Å²) in [6, 6.07) is 7.37. The van der Waals surface area contributed by atoms with Gasteiger partial charge in [-0.15, -0.1) is 0 Å². The molecule has 0 aromatic heterocycles. The van der Waals surface area contributed by atoms with E-state index in [-0.39, 0.29) is 0 Å². The Labute approximate surface area is 177 Å². The van der Waals surface area contributed by atoms with Crippen molar-refractivity contribution in [3.8, 4) is 0 Å². The van der Waals surface area contributed by atoms with Crippen LogP contribution < -0.4 is 0 Å². The van der Waals surface area contributed by atoms with Gasteiger partial charge in [-0.25, -0.2) is 0 Å². The number of sulfone groups is 1. The minimum atomic E-state index is -3.46. The molecule has 0 aliphatic heterocycles. The van der Waals surface area contributed by atoms with Gasteiger partial charge in [0, 0.05) is 0 Å². The molecule has 1 aromatic carbocycles. The van der Waals surface area contributed by atoms with E-state index >= 15 is 0 Å². The molecule has 1 rings (SSSR count). The monoisotopic (exact) mass is 516 g/mol. The van der Waals surface area contributed by atoms with E-state index in [9.17, 15) is 8.42 Å². The second kappa shape index (κ2) is 13.1. The molecule has 0 spiro atoms. The fraction of sp³-hybridized carbons (Fsp3) is 0.652. The van der Waals surface area contributed by atoms with Crippen molar-refractivity contribution in [1.82, 2.24) is 0 Å². The topological polar surface area (TPSA) is 43.4 Å². The van der Waals surface area contributed by atoms with Gasteiger partial charge in [-0.3, -0.25) is 0 Å². The molecule has 0 bridgehead atoms. The first-order valence-electron chi connectivity index (χ1n) is 10.9. The molecule has 0 fully saturated rings. The Balaban J connectivity index is 3.55. The van der Waals surface area contributed by atoms with Gasteiger partial charge in [0.2, 0.25) is 0 Å². The van der Waals surface area contributed by atoms with Crippen molar-refractivity contribution in [2.75, 3.05) is 13.7 Å². The summed E-state index contributed by atoms with van der Waals surface area (Å²) in [6.07, 6.45) is 8.72. The average molecular weight is 515 g/mol. The van der Waals surface area contributed by atoms with Gasteiger partial charge in [-0.2, -0.15) is 0 Å². The van der Waals surface area contributed by atoms with Gasteiger partial charge < -0.3 is 0 Å². The van der Waals surface area contributed by atoms with Crippen molar-refractivity contribution in [3.05, 3.63) is 38.8 Å². The first-order chi connectivity index (χ1) is 13.4. The molecule has 0 aliphatic carbocycles. The summed E-state index contributed by atoms with van der Waals surface area (Å²) in [6.45, 7) is 9.00. The molecule has 28 heavy (non-hydrogen) atoms. The fourth-order valence-corrected chi connectivity index (χ4v) is 28.0. The Morgan fingerprint density at radius 2 is 1.39 bits per heavy atom. The van der Waals surface area contributed by atoms with Crippen molar-refractivity contribution >= 4 is 28.2 Å². The van der Waals surface area contributed by atoms with Gasteiger partial charge in [0.1, 0.15) is 0 Å². The van der Waals surface area contributed by atoms with E-state index in [0.29, 0.717) is 11.5 Å². The van der Waals surface area contributed by atoms with Crippen molar-refractivity contribution in [2.45, 2.75) is 84.4 Å². The molecular formula is C23H40O3SSn. The molecule has 0 unspecified atom stereocenters. The van der Waals surface area contributed by atoms with Crippen LogP contribution in [0.25, 0.3) is 0 Å². The number of hydrogen-bond acceptors (Lipinski definition) is 3. The summed E-state index contributed by atoms with van der Waals surface area (Å²) < 4.78 is 37.1. The van der Waals surface area contributed by atoms with E-state index in [4.69, 9.17) is 4.74 Å². The molecular weight excluding hydrogens is 475 g/mol. The number of methoxy groups -OCH3 is 1. The van der Waals surface area contributed by atoms with Gasteiger partial charge in [-0.1, -0.05) is 0 Å². The van der Waals surface area contributed by atoms with Gasteiger partial charge in [0.15, 0.2) is 0 Å². The number of benzene rings is 1. The molecule has 3 nitrogen and oxygen atoms in total. The predicted octanol–water partition coefficient (Wildman–Crippen LogP) is 6.69. The molecule has 0 heterocycles. The number of hydrogen-bond donors (Lipinski definition) is 0. The Hall–Kier alpha value is -0.331. The van der Waals surface area contributed by atoms with E-state index < -0.39 is 28.2 Å². The average Bonchev–Trinajstić information content (AvgIpc) is 2.69. The molecule has 0 saturated heterocycles. The Bertz CT molecular complexity index is 671. The van der Waals surface area contributed by atoms with Gasteiger partial charge in [-0.05, 0) is 0 Å². The van der Waals surface area contributed by atoms with Gasteiger partial charge in [0.05, 0.1) is 0 Å². The summed E-state index contributed by atoms with van der Waals surface area (Å²) in [5.41, 5.74) is 1.08. The second-order valence-corrected chi connectivity index (χ2v) is 24.0. The zero-order valence-corrected chi connectivity index (χ0v) is 22.3. The maximum atomic E-state index is 13.8. The Morgan fingerprint density at radius 1 is 0.929 bits per heavy atom. The summed E-state index contributed by atoms with van der Waals surface area (Å²) in [5, 5.41) is 0. The molecule has 0 N–H and O–H groups in total. The van der Waals surface area contributed by atoms with Crippen LogP contribution in [0.3, 0.4) is 0 Å². The van der Waals surface area contributed by atoms with Crippen LogP contribution in [-0.2, 0) is 14.6 Å². The summed E-state index contributed by atoms with van der Waals surface area (Å²) >= 11 is -3.12. The quantitative estimate of drug-likeness (QED) is 0.260.